The van der Waals surface area contributed by atoms with Gasteiger partial charge >= 0.3 is 5.97 Å². The molecule has 0 bridgehead atoms. The lowest BCUT2D eigenvalue weighted by atomic mass is 9.86. The number of ether oxygens (including phenoxy) is 2. The molecule has 0 aromatic rings. The van der Waals surface area contributed by atoms with Crippen molar-refractivity contribution in [3.05, 3.63) is 0 Å². The van der Waals surface area contributed by atoms with Crippen molar-refractivity contribution in [2.45, 2.75) is 160 Å². The van der Waals surface area contributed by atoms with E-state index in [9.17, 15) is 23.9 Å². The molecule has 3 unspecified atom stereocenters. The number of amides is 1. The van der Waals surface area contributed by atoms with E-state index < -0.39 is 66.4 Å². The first-order valence-corrected chi connectivity index (χ1v) is 17.3. The fourth-order valence-electron chi connectivity index (χ4n) is 6.06. The van der Waals surface area contributed by atoms with E-state index in [1.165, 1.54) is 69.0 Å². The van der Waals surface area contributed by atoms with Crippen LogP contribution in [-0.2, 0) is 23.9 Å². The van der Waals surface area contributed by atoms with Gasteiger partial charge in [-0.1, -0.05) is 104 Å². The van der Waals surface area contributed by atoms with E-state index in [4.69, 9.17) is 20.9 Å². The molecule has 0 saturated carbocycles. The smallest absolute Gasteiger partial charge is 0.323 e. The molecular weight excluding hydrogens is 595 g/mol. The van der Waals surface area contributed by atoms with Crippen LogP contribution in [0.25, 0.3) is 0 Å². The summed E-state index contributed by atoms with van der Waals surface area (Å²) < 4.78 is 25.7. The number of fused-ring (bicyclic) bond motifs is 1. The van der Waals surface area contributed by atoms with Crippen molar-refractivity contribution < 1.29 is 33.4 Å². The van der Waals surface area contributed by atoms with E-state index in [1.807, 2.05) is 0 Å². The van der Waals surface area contributed by atoms with E-state index >= 15 is 0 Å². The van der Waals surface area contributed by atoms with E-state index in [-0.39, 0.29) is 24.6 Å². The molecule has 0 aromatic heterocycles. The second-order valence-electron chi connectivity index (χ2n) is 13.1. The van der Waals surface area contributed by atoms with Crippen molar-refractivity contribution in [3.63, 3.8) is 0 Å². The molecule has 260 valence electrons. The highest BCUT2D eigenvalue weighted by Crippen LogP contribution is 2.35. The zero-order valence-corrected chi connectivity index (χ0v) is 27.9. The number of Topliss-reactive ketones (excluding diaryl/α,β-unsaturated/α-hetero) is 1. The molecule has 6 atom stereocenters. The first-order chi connectivity index (χ1) is 22.1. The fraction of sp³-hybridized carbons (Fsp3) is 0.818. The lowest BCUT2D eigenvalue weighted by Crippen LogP contribution is -2.60. The number of nitrogens with two attached hydrogens (primary N) is 2. The number of hydrogen-bond acceptors (Lipinski definition) is 11. The van der Waals surface area contributed by atoms with Gasteiger partial charge in [-0.2, -0.15) is 9.98 Å². The van der Waals surface area contributed by atoms with Gasteiger partial charge in [0.15, 0.2) is 11.9 Å². The second kappa shape index (κ2) is 18.5. The number of halogens is 1. The van der Waals surface area contributed by atoms with Crippen molar-refractivity contribution in [2.75, 3.05) is 6.61 Å². The van der Waals surface area contributed by atoms with Gasteiger partial charge in [0, 0.05) is 6.42 Å². The van der Waals surface area contributed by atoms with Crippen molar-refractivity contribution >= 4 is 35.8 Å². The minimum Gasteiger partial charge on any atom is -0.453 e. The van der Waals surface area contributed by atoms with Gasteiger partial charge in [0.25, 0.3) is 11.4 Å². The molecule has 3 heterocycles. The topological polar surface area (TPSA) is 182 Å². The average molecular weight is 651 g/mol. The first kappa shape index (κ1) is 37.7. The fourth-order valence-corrected chi connectivity index (χ4v) is 6.06. The standard InChI is InChI=1S/C33H55FN6O6/c1-4-5-6-7-8-9-10-11-12-13-14-15-16-17-18-24(46-29(43)27(35)22(2)3)28(42)33-30(38-32(36)39-31(33)44)40(21-37-33)26-19-23(34)25(20-41)45-26/h21-27,41H,4-20,35H2,1-3H3,(H2,36,39,44)/t23?,24?,25-,26-,27+,33?/m1/s1. The summed E-state index contributed by atoms with van der Waals surface area (Å²) in [6, 6.07) is -0.972. The van der Waals surface area contributed by atoms with Crippen LogP contribution in [-0.4, -0.2) is 88.6 Å². The predicted molar refractivity (Wildman–Crippen MR) is 175 cm³/mol. The van der Waals surface area contributed by atoms with Gasteiger partial charge < -0.3 is 26.0 Å². The van der Waals surface area contributed by atoms with Gasteiger partial charge in [0.2, 0.25) is 11.7 Å². The summed E-state index contributed by atoms with van der Waals surface area (Å²) in [5.41, 5.74) is 9.57. The summed E-state index contributed by atoms with van der Waals surface area (Å²) in [6.07, 6.45) is 12.5. The molecule has 1 fully saturated rings. The summed E-state index contributed by atoms with van der Waals surface area (Å²) >= 11 is 0. The molecule has 0 spiro atoms. The number of carbonyl (C=O) groups is 3. The van der Waals surface area contributed by atoms with Gasteiger partial charge in [0.05, 0.1) is 12.9 Å². The number of ketones is 1. The maximum Gasteiger partial charge on any atom is 0.323 e. The third-order valence-electron chi connectivity index (χ3n) is 9.06. The Morgan fingerprint density at radius 2 is 1.61 bits per heavy atom. The quantitative estimate of drug-likeness (QED) is 0.0882. The van der Waals surface area contributed by atoms with Crippen molar-refractivity contribution in [2.24, 2.45) is 32.4 Å². The number of unbranched alkanes of at least 4 members (excludes halogenated alkanes) is 13. The van der Waals surface area contributed by atoms with Crippen LogP contribution in [0.15, 0.2) is 15.0 Å². The molecule has 12 nitrogen and oxygen atoms in total. The molecule has 3 aliphatic rings. The summed E-state index contributed by atoms with van der Waals surface area (Å²) in [6.45, 7) is 5.22. The Labute approximate surface area is 272 Å². The SMILES string of the molecule is CCCCCCCCCCCCCCCCC(OC(=O)[C@@H](N)C(C)C)C(=O)C12N=CN([C@H]3CC(F)[C@@H](CO)O3)C1=NC(N)=NC2=O. The number of aliphatic imine (C=N–C) groups is 3. The number of nitrogens with zero attached hydrogens (tertiary/aromatic N) is 4. The number of alkyl halides is 1. The van der Waals surface area contributed by atoms with Crippen LogP contribution in [0.2, 0.25) is 0 Å². The third-order valence-corrected chi connectivity index (χ3v) is 9.06. The zero-order chi connectivity index (χ0) is 33.7. The number of rotatable bonds is 22. The molecular formula is C33H55FN6O6. The number of amidine groups is 1. The molecule has 1 amide bonds. The largest absolute Gasteiger partial charge is 0.453 e. The minimum absolute atomic E-state index is 0.156. The summed E-state index contributed by atoms with van der Waals surface area (Å²) in [5, 5.41) is 9.46. The molecule has 0 radical (unpaired) electrons. The first-order valence-electron chi connectivity index (χ1n) is 17.3. The Morgan fingerprint density at radius 1 is 1.04 bits per heavy atom. The van der Waals surface area contributed by atoms with Crippen molar-refractivity contribution in [3.8, 4) is 0 Å². The highest BCUT2D eigenvalue weighted by molar-refractivity contribution is 6.38. The van der Waals surface area contributed by atoms with Gasteiger partial charge in [-0.05, 0) is 18.8 Å². The molecule has 5 N–H and O–H groups in total. The highest BCUT2D eigenvalue weighted by atomic mass is 19.1. The lowest BCUT2D eigenvalue weighted by molar-refractivity contribution is -0.159. The van der Waals surface area contributed by atoms with Crippen LogP contribution in [0.4, 0.5) is 4.39 Å². The molecule has 1 saturated heterocycles. The number of hydrogen-bond donors (Lipinski definition) is 3. The Hall–Kier alpha value is -2.77. The summed E-state index contributed by atoms with van der Waals surface area (Å²) in [7, 11) is 0. The van der Waals surface area contributed by atoms with Gasteiger partial charge in [-0.3, -0.25) is 19.3 Å². The average Bonchev–Trinajstić information content (AvgIpc) is 3.60. The van der Waals surface area contributed by atoms with E-state index in [2.05, 4.69) is 21.9 Å². The molecule has 3 rings (SSSR count). The number of aliphatic hydroxyl groups excluding tert-OH is 1. The zero-order valence-electron chi connectivity index (χ0n) is 27.9. The normalized spacial score (nSPS) is 25.4. The maximum atomic E-state index is 14.5. The van der Waals surface area contributed by atoms with Crippen LogP contribution >= 0.6 is 0 Å². The summed E-state index contributed by atoms with van der Waals surface area (Å²) in [5.74, 6) is -3.39. The van der Waals surface area contributed by atoms with Crippen LogP contribution in [0.1, 0.15) is 124 Å². The van der Waals surface area contributed by atoms with Crippen LogP contribution in [0, 0.1) is 5.92 Å². The monoisotopic (exact) mass is 650 g/mol. The Morgan fingerprint density at radius 3 is 2.13 bits per heavy atom. The lowest BCUT2D eigenvalue weighted by Gasteiger charge is -2.32. The highest BCUT2D eigenvalue weighted by Gasteiger charge is 2.61. The van der Waals surface area contributed by atoms with E-state index in [1.54, 1.807) is 13.8 Å². The number of esters is 1. The van der Waals surface area contributed by atoms with Crippen LogP contribution in [0.5, 0.6) is 0 Å². The molecule has 0 aromatic carbocycles. The van der Waals surface area contributed by atoms with Crippen LogP contribution < -0.4 is 11.5 Å². The number of carbonyl (C=O) groups excluding carboxylic acids is 3. The van der Waals surface area contributed by atoms with Gasteiger partial charge in [-0.25, -0.2) is 9.38 Å². The Kier molecular flexibility index (Phi) is 15.2. The predicted octanol–water partition coefficient (Wildman–Crippen LogP) is 4.10. The summed E-state index contributed by atoms with van der Waals surface area (Å²) in [4.78, 5) is 54.0. The third kappa shape index (κ3) is 9.63. The Bertz CT molecular complexity index is 1120. The molecule has 3 aliphatic heterocycles. The van der Waals surface area contributed by atoms with Crippen LogP contribution in [0.3, 0.4) is 0 Å². The number of aliphatic hydroxyl groups is 1. The van der Waals surface area contributed by atoms with Crippen molar-refractivity contribution in [1.29, 1.82) is 0 Å². The van der Waals surface area contributed by atoms with Gasteiger partial charge in [0.1, 0.15) is 24.5 Å². The van der Waals surface area contributed by atoms with Crippen molar-refractivity contribution in [1.82, 2.24) is 4.90 Å². The number of guanidine groups is 1. The van der Waals surface area contributed by atoms with E-state index in [0.717, 1.165) is 25.7 Å². The Balaban J connectivity index is 1.61. The van der Waals surface area contributed by atoms with E-state index in [0.29, 0.717) is 6.42 Å². The maximum absolute atomic E-state index is 14.5. The molecule has 13 heteroatoms. The minimum atomic E-state index is -2.27. The molecule has 46 heavy (non-hydrogen) atoms. The second-order valence-corrected chi connectivity index (χ2v) is 13.1. The van der Waals surface area contributed by atoms with Gasteiger partial charge in [-0.15, -0.1) is 0 Å². The molecule has 0 aliphatic carbocycles.